The van der Waals surface area contributed by atoms with Crippen molar-refractivity contribution < 1.29 is 18.7 Å². The Morgan fingerprint density at radius 3 is 2.89 bits per heavy atom. The van der Waals surface area contributed by atoms with E-state index < -0.39 is 12.2 Å². The Labute approximate surface area is 207 Å². The van der Waals surface area contributed by atoms with E-state index in [1.54, 1.807) is 24.9 Å². The molecule has 1 saturated heterocycles. The predicted octanol–water partition coefficient (Wildman–Crippen LogP) is 2.95. The Morgan fingerprint density at radius 1 is 1.25 bits per heavy atom. The fourth-order valence-corrected chi connectivity index (χ4v) is 5.08. The SMILES string of the molecule is CNc1cc(-c2cnc3n(C4CCOC[C@@H]4OC)cccc2-3)nc2c(C(=O)NC3CCC3F)cnn12. The Balaban J connectivity index is 1.39. The first-order valence-corrected chi connectivity index (χ1v) is 12.2. The normalized spacial score (nSPS) is 24.1. The van der Waals surface area contributed by atoms with Gasteiger partial charge >= 0.3 is 0 Å². The van der Waals surface area contributed by atoms with Gasteiger partial charge in [0.1, 0.15) is 29.5 Å². The molecule has 2 aromatic rings. The highest BCUT2D eigenvalue weighted by Crippen LogP contribution is 2.37. The Kier molecular flexibility index (Phi) is 5.81. The van der Waals surface area contributed by atoms with E-state index in [4.69, 9.17) is 19.4 Å². The minimum atomic E-state index is -1.01. The summed E-state index contributed by atoms with van der Waals surface area (Å²) in [6.45, 7) is 1.21. The highest BCUT2D eigenvalue weighted by molar-refractivity contribution is 6.00. The zero-order valence-electron chi connectivity index (χ0n) is 20.1. The molecule has 2 N–H and O–H groups in total. The second-order valence-electron chi connectivity index (χ2n) is 9.27. The Morgan fingerprint density at radius 2 is 2.14 bits per heavy atom. The van der Waals surface area contributed by atoms with Crippen LogP contribution >= 0.6 is 0 Å². The van der Waals surface area contributed by atoms with Gasteiger partial charge in [-0.2, -0.15) is 9.61 Å². The summed E-state index contributed by atoms with van der Waals surface area (Å²) in [5.74, 6) is 1.13. The number of pyridine rings is 1. The molecule has 6 rings (SSSR count). The lowest BCUT2D eigenvalue weighted by Gasteiger charge is -2.33. The number of carbonyl (C=O) groups is 1. The van der Waals surface area contributed by atoms with E-state index in [0.717, 1.165) is 23.4 Å². The van der Waals surface area contributed by atoms with Crippen LogP contribution in [-0.2, 0) is 9.47 Å². The molecule has 188 valence electrons. The zero-order chi connectivity index (χ0) is 24.8. The van der Waals surface area contributed by atoms with Gasteiger partial charge < -0.3 is 24.7 Å². The van der Waals surface area contributed by atoms with Crippen LogP contribution in [0.1, 0.15) is 35.7 Å². The number of carbonyl (C=O) groups excluding carboxylic acids is 1. The number of anilines is 1. The second-order valence-corrected chi connectivity index (χ2v) is 9.27. The maximum absolute atomic E-state index is 13.7. The molecule has 3 aliphatic heterocycles. The molecule has 5 heterocycles. The van der Waals surface area contributed by atoms with Crippen molar-refractivity contribution in [3.8, 4) is 22.6 Å². The summed E-state index contributed by atoms with van der Waals surface area (Å²) in [5.41, 5.74) is 3.14. The minimum absolute atomic E-state index is 0.0627. The van der Waals surface area contributed by atoms with Crippen LogP contribution in [0.2, 0.25) is 0 Å². The van der Waals surface area contributed by atoms with E-state index in [2.05, 4.69) is 20.3 Å². The third kappa shape index (κ3) is 3.70. The van der Waals surface area contributed by atoms with Gasteiger partial charge in [-0.1, -0.05) is 0 Å². The third-order valence-electron chi connectivity index (χ3n) is 7.29. The van der Waals surface area contributed by atoms with Crippen molar-refractivity contribution in [2.24, 2.45) is 0 Å². The van der Waals surface area contributed by atoms with Crippen molar-refractivity contribution >= 4 is 17.4 Å². The van der Waals surface area contributed by atoms with Gasteiger partial charge in [-0.3, -0.25) is 4.79 Å². The maximum Gasteiger partial charge on any atom is 0.257 e. The number of hydrogen-bond donors (Lipinski definition) is 2. The van der Waals surface area contributed by atoms with E-state index >= 15 is 0 Å². The molecule has 0 radical (unpaired) electrons. The monoisotopic (exact) mass is 493 g/mol. The zero-order valence-corrected chi connectivity index (χ0v) is 20.1. The second kappa shape index (κ2) is 9.14. The molecule has 0 spiro atoms. The lowest BCUT2D eigenvalue weighted by molar-refractivity contribution is -0.0600. The molecule has 0 aromatic carbocycles. The molecule has 1 aliphatic carbocycles. The van der Waals surface area contributed by atoms with E-state index in [1.807, 2.05) is 24.4 Å². The van der Waals surface area contributed by atoms with Crippen LogP contribution in [0, 0.1) is 0 Å². The smallest absolute Gasteiger partial charge is 0.257 e. The average Bonchev–Trinajstić information content (AvgIpc) is 3.54. The van der Waals surface area contributed by atoms with Crippen molar-refractivity contribution in [1.82, 2.24) is 29.5 Å². The fourth-order valence-electron chi connectivity index (χ4n) is 5.08. The van der Waals surface area contributed by atoms with Gasteiger partial charge in [0.15, 0.2) is 5.65 Å². The van der Waals surface area contributed by atoms with Gasteiger partial charge in [-0.05, 0) is 31.4 Å². The van der Waals surface area contributed by atoms with Crippen LogP contribution < -0.4 is 10.6 Å². The van der Waals surface area contributed by atoms with Crippen molar-refractivity contribution in [2.45, 2.75) is 43.6 Å². The average molecular weight is 494 g/mol. The molecule has 4 aliphatic rings. The number of fused-ring (bicyclic) bond motifs is 2. The Bertz CT molecular complexity index is 1390. The molecule has 36 heavy (non-hydrogen) atoms. The fraction of sp³-hybridized carbons (Fsp3) is 0.440. The number of halogens is 1. The number of alkyl halides is 1. The molecule has 2 aromatic heterocycles. The Hall–Kier alpha value is -3.57. The van der Waals surface area contributed by atoms with Crippen molar-refractivity contribution in [1.29, 1.82) is 0 Å². The van der Waals surface area contributed by atoms with Crippen LogP contribution in [0.15, 0.2) is 36.8 Å². The number of ether oxygens (including phenoxy) is 2. The van der Waals surface area contributed by atoms with Crippen LogP contribution in [0.25, 0.3) is 28.3 Å². The molecular formula is C25H28FN7O3. The quantitative estimate of drug-likeness (QED) is 0.425. The first-order valence-electron chi connectivity index (χ1n) is 12.2. The van der Waals surface area contributed by atoms with Crippen LogP contribution in [0.4, 0.5) is 10.2 Å². The van der Waals surface area contributed by atoms with Gasteiger partial charge in [-0.15, -0.1) is 0 Å². The molecule has 1 amide bonds. The molecule has 4 atom stereocenters. The van der Waals surface area contributed by atoms with Crippen LogP contribution in [0.3, 0.4) is 0 Å². The lowest BCUT2D eigenvalue weighted by atomic mass is 9.90. The lowest BCUT2D eigenvalue weighted by Crippen LogP contribution is -2.48. The van der Waals surface area contributed by atoms with E-state index in [1.165, 1.54) is 6.20 Å². The number of methoxy groups -OCH3 is 1. The number of hydrogen-bond acceptors (Lipinski definition) is 7. The highest BCUT2D eigenvalue weighted by Gasteiger charge is 2.33. The van der Waals surface area contributed by atoms with E-state index in [9.17, 15) is 9.18 Å². The summed E-state index contributed by atoms with van der Waals surface area (Å²) < 4.78 is 28.8. The highest BCUT2D eigenvalue weighted by atomic mass is 19.1. The van der Waals surface area contributed by atoms with E-state index in [0.29, 0.717) is 48.8 Å². The summed E-state index contributed by atoms with van der Waals surface area (Å²) in [4.78, 5) is 22.5. The number of rotatable bonds is 6. The topological polar surface area (TPSA) is 108 Å². The number of aromatic nitrogens is 5. The van der Waals surface area contributed by atoms with Crippen LogP contribution in [-0.4, -0.2) is 75.7 Å². The first kappa shape index (κ1) is 22.9. The number of amides is 1. The van der Waals surface area contributed by atoms with Crippen molar-refractivity contribution in [2.75, 3.05) is 32.7 Å². The van der Waals surface area contributed by atoms with Crippen molar-refractivity contribution in [3.63, 3.8) is 0 Å². The number of nitrogens with one attached hydrogen (secondary N) is 2. The van der Waals surface area contributed by atoms with E-state index in [-0.39, 0.29) is 18.1 Å². The third-order valence-corrected chi connectivity index (χ3v) is 7.29. The summed E-state index contributed by atoms with van der Waals surface area (Å²) in [5, 5.41) is 10.3. The number of nitrogens with zero attached hydrogens (tertiary/aromatic N) is 5. The van der Waals surface area contributed by atoms with Crippen LogP contribution in [0.5, 0.6) is 0 Å². The predicted molar refractivity (Wildman–Crippen MR) is 131 cm³/mol. The van der Waals surface area contributed by atoms with Gasteiger partial charge in [-0.25, -0.2) is 14.4 Å². The molecule has 2 fully saturated rings. The summed E-state index contributed by atoms with van der Waals surface area (Å²) in [7, 11) is 3.49. The van der Waals surface area contributed by atoms with Gasteiger partial charge in [0.2, 0.25) is 0 Å². The largest absolute Gasteiger partial charge is 0.379 e. The van der Waals surface area contributed by atoms with Gasteiger partial charge in [0.05, 0.1) is 30.6 Å². The summed E-state index contributed by atoms with van der Waals surface area (Å²) >= 11 is 0. The summed E-state index contributed by atoms with van der Waals surface area (Å²) in [6.07, 6.45) is 6.17. The standard InChI is InChI=1S/C25H28FN7O3/c1-27-22-10-19(30-24-16(12-29-33(22)24)25(34)31-18-6-5-17(18)26)15-11-28-23-14(15)4-3-8-32(23)20-7-9-36-13-21(20)35-2/h3-4,8,10-12,17-18,20-21,27H,5-7,9,13H2,1-2H3,(H,31,34)/t17?,18?,20?,21-/m0/s1. The minimum Gasteiger partial charge on any atom is -0.379 e. The molecule has 0 bridgehead atoms. The molecule has 3 unspecified atom stereocenters. The molecule has 1 saturated carbocycles. The van der Waals surface area contributed by atoms with Gasteiger partial charge in [0, 0.05) is 50.4 Å². The van der Waals surface area contributed by atoms with Gasteiger partial charge in [0.25, 0.3) is 5.91 Å². The molecular weight excluding hydrogens is 465 g/mol. The summed E-state index contributed by atoms with van der Waals surface area (Å²) in [6, 6.07) is 5.54. The van der Waals surface area contributed by atoms with Crippen molar-refractivity contribution in [3.05, 3.63) is 42.4 Å². The first-order chi connectivity index (χ1) is 17.6. The molecule has 10 nitrogen and oxygen atoms in total. The maximum atomic E-state index is 13.7. The molecule has 11 heteroatoms.